The van der Waals surface area contributed by atoms with E-state index in [1.807, 2.05) is 22.6 Å². The van der Waals surface area contributed by atoms with E-state index in [1.165, 1.54) is 0 Å². The summed E-state index contributed by atoms with van der Waals surface area (Å²) in [5.41, 5.74) is 6.07. The molecule has 70 valence electrons. The van der Waals surface area contributed by atoms with Gasteiger partial charge in [0.15, 0.2) is 5.75 Å². The number of hydrogen-bond acceptors (Lipinski definition) is 3. The van der Waals surface area contributed by atoms with Crippen LogP contribution in [0.3, 0.4) is 0 Å². The Morgan fingerprint density at radius 2 is 2.15 bits per heavy atom. The van der Waals surface area contributed by atoms with E-state index < -0.39 is 0 Å². The third-order valence-corrected chi connectivity index (χ3v) is 1.96. The van der Waals surface area contributed by atoms with Gasteiger partial charge in [0.05, 0.1) is 5.69 Å². The molecule has 1 aromatic rings. The molecule has 3 nitrogen and oxygen atoms in total. The largest absolute Gasteiger partial charge is 0.424 e. The van der Waals surface area contributed by atoms with E-state index in [2.05, 4.69) is 0 Å². The number of carbonyl (C=O) groups excluding carboxylic acids is 1. The smallest absolute Gasteiger partial charge is 0.324 e. The normalized spacial score (nSPS) is 12.2. The van der Waals surface area contributed by atoms with Crippen molar-refractivity contribution in [2.45, 2.75) is 10.8 Å². The predicted molar refractivity (Wildman–Crippen MR) is 60.0 cm³/mol. The first-order valence-corrected chi connectivity index (χ1v) is 5.06. The highest BCUT2D eigenvalue weighted by Crippen LogP contribution is 2.20. The Hall–Kier alpha value is -0.780. The van der Waals surface area contributed by atoms with Crippen molar-refractivity contribution in [3.63, 3.8) is 0 Å². The lowest BCUT2D eigenvalue weighted by atomic mass is 10.3. The molecule has 0 saturated heterocycles. The number of benzene rings is 1. The molecule has 4 heteroatoms. The van der Waals surface area contributed by atoms with Gasteiger partial charge in [-0.25, -0.2) is 0 Å². The van der Waals surface area contributed by atoms with Gasteiger partial charge in [0, 0.05) is 0 Å². The number of anilines is 1. The maximum atomic E-state index is 11.2. The number of esters is 1. The number of nitrogens with two attached hydrogens (primary N) is 1. The molecule has 0 amide bonds. The van der Waals surface area contributed by atoms with Crippen LogP contribution in [0.25, 0.3) is 0 Å². The summed E-state index contributed by atoms with van der Waals surface area (Å²) < 4.78 is 4.87. The quantitative estimate of drug-likeness (QED) is 0.298. The fourth-order valence-electron chi connectivity index (χ4n) is 0.763. The molecule has 0 aliphatic rings. The van der Waals surface area contributed by atoms with Crippen molar-refractivity contribution in [2.24, 2.45) is 0 Å². The molecule has 13 heavy (non-hydrogen) atoms. The van der Waals surface area contributed by atoms with E-state index in [4.69, 9.17) is 10.5 Å². The van der Waals surface area contributed by atoms with Crippen LogP contribution in [-0.4, -0.2) is 9.89 Å². The lowest BCUT2D eigenvalue weighted by Crippen LogP contribution is -2.17. The Bertz CT molecular complexity index is 312. The first kappa shape index (κ1) is 10.3. The Kier molecular flexibility index (Phi) is 3.53. The van der Waals surface area contributed by atoms with Gasteiger partial charge in [0.2, 0.25) is 0 Å². The molecule has 0 radical (unpaired) electrons. The highest BCUT2D eigenvalue weighted by molar-refractivity contribution is 14.1. The maximum Gasteiger partial charge on any atom is 0.324 e. The second-order valence-corrected chi connectivity index (χ2v) is 4.44. The van der Waals surface area contributed by atoms with E-state index in [9.17, 15) is 4.79 Å². The summed E-state index contributed by atoms with van der Waals surface area (Å²) in [5, 5.41) is 0. The van der Waals surface area contributed by atoms with Crippen LogP contribution in [0.1, 0.15) is 6.92 Å². The minimum atomic E-state index is -0.279. The molecule has 0 fully saturated rings. The number of ether oxygens (including phenoxy) is 1. The van der Waals surface area contributed by atoms with Crippen LogP contribution in [0.5, 0.6) is 5.75 Å². The fraction of sp³-hybridized carbons (Fsp3) is 0.222. The summed E-state index contributed by atoms with van der Waals surface area (Å²) in [5.74, 6) is 0.148. The van der Waals surface area contributed by atoms with Crippen molar-refractivity contribution in [2.75, 3.05) is 5.73 Å². The average Bonchev–Trinajstić information content (AvgIpc) is 2.08. The van der Waals surface area contributed by atoms with Gasteiger partial charge < -0.3 is 10.5 Å². The highest BCUT2D eigenvalue weighted by atomic mass is 127. The van der Waals surface area contributed by atoms with Gasteiger partial charge in [-0.1, -0.05) is 34.7 Å². The number of hydrogen-bond donors (Lipinski definition) is 1. The molecule has 0 saturated carbocycles. The molecule has 1 unspecified atom stereocenters. The number of alkyl halides is 1. The summed E-state index contributed by atoms with van der Waals surface area (Å²) in [4.78, 5) is 11.2. The van der Waals surface area contributed by atoms with Crippen LogP contribution in [-0.2, 0) is 4.79 Å². The molecule has 0 aliphatic heterocycles. The standard InChI is InChI=1S/C9H10INO2/c1-6(10)9(12)13-8-5-3-2-4-7(8)11/h2-6H,11H2,1H3. The Morgan fingerprint density at radius 1 is 1.54 bits per heavy atom. The molecule has 2 N–H and O–H groups in total. The third-order valence-electron chi connectivity index (χ3n) is 1.45. The summed E-state index contributed by atoms with van der Waals surface area (Å²) >= 11 is 1.99. The molecular formula is C9H10INO2. The lowest BCUT2D eigenvalue weighted by Gasteiger charge is -2.07. The number of nitrogen functional groups attached to an aromatic ring is 1. The molecule has 0 spiro atoms. The van der Waals surface area contributed by atoms with Gasteiger partial charge in [-0.05, 0) is 19.1 Å². The molecule has 1 aromatic carbocycles. The molecule has 0 aromatic heterocycles. The van der Waals surface area contributed by atoms with E-state index in [0.29, 0.717) is 11.4 Å². The third kappa shape index (κ3) is 2.87. The van der Waals surface area contributed by atoms with E-state index in [-0.39, 0.29) is 9.89 Å². The molecule has 0 heterocycles. The SMILES string of the molecule is CC(I)C(=O)Oc1ccccc1N. The molecule has 0 bridgehead atoms. The number of halogens is 1. The van der Waals surface area contributed by atoms with E-state index in [1.54, 1.807) is 31.2 Å². The lowest BCUT2D eigenvalue weighted by molar-refractivity contribution is -0.133. The Labute approximate surface area is 90.4 Å². The number of rotatable bonds is 2. The average molecular weight is 291 g/mol. The second-order valence-electron chi connectivity index (χ2n) is 2.57. The zero-order valence-corrected chi connectivity index (χ0v) is 9.32. The van der Waals surface area contributed by atoms with Gasteiger partial charge in [0.1, 0.15) is 3.92 Å². The summed E-state index contributed by atoms with van der Waals surface area (Å²) in [6, 6.07) is 6.93. The van der Waals surface area contributed by atoms with Crippen LogP contribution >= 0.6 is 22.6 Å². The number of para-hydroxylation sites is 2. The monoisotopic (exact) mass is 291 g/mol. The molecule has 1 rings (SSSR count). The first-order chi connectivity index (χ1) is 6.11. The van der Waals surface area contributed by atoms with Gasteiger partial charge in [-0.2, -0.15) is 0 Å². The minimum Gasteiger partial charge on any atom is -0.424 e. The maximum absolute atomic E-state index is 11.2. The number of carbonyl (C=O) groups is 1. The van der Waals surface area contributed by atoms with Crippen LogP contribution < -0.4 is 10.5 Å². The van der Waals surface area contributed by atoms with Crippen LogP contribution in [0.15, 0.2) is 24.3 Å². The first-order valence-electron chi connectivity index (χ1n) is 3.81. The van der Waals surface area contributed by atoms with Crippen molar-refractivity contribution in [3.05, 3.63) is 24.3 Å². The predicted octanol–water partition coefficient (Wildman–Crippen LogP) is 2.00. The van der Waals surface area contributed by atoms with Crippen molar-refractivity contribution < 1.29 is 9.53 Å². The van der Waals surface area contributed by atoms with Gasteiger partial charge in [-0.15, -0.1) is 0 Å². The van der Waals surface area contributed by atoms with E-state index in [0.717, 1.165) is 0 Å². The van der Waals surface area contributed by atoms with Crippen LogP contribution in [0.2, 0.25) is 0 Å². The molecule has 1 atom stereocenters. The van der Waals surface area contributed by atoms with Gasteiger partial charge in [0.25, 0.3) is 0 Å². The van der Waals surface area contributed by atoms with Crippen molar-refractivity contribution in [1.82, 2.24) is 0 Å². The zero-order chi connectivity index (χ0) is 9.84. The summed E-state index contributed by atoms with van der Waals surface area (Å²) in [7, 11) is 0. The highest BCUT2D eigenvalue weighted by Gasteiger charge is 2.12. The molecular weight excluding hydrogens is 281 g/mol. The minimum absolute atomic E-state index is 0.169. The Balaban J connectivity index is 2.75. The van der Waals surface area contributed by atoms with Crippen molar-refractivity contribution >= 4 is 34.2 Å². The van der Waals surface area contributed by atoms with E-state index >= 15 is 0 Å². The van der Waals surface area contributed by atoms with Crippen molar-refractivity contribution in [1.29, 1.82) is 0 Å². The zero-order valence-electron chi connectivity index (χ0n) is 7.16. The topological polar surface area (TPSA) is 52.3 Å². The van der Waals surface area contributed by atoms with Crippen molar-refractivity contribution in [3.8, 4) is 5.75 Å². The van der Waals surface area contributed by atoms with Gasteiger partial charge in [-0.3, -0.25) is 4.79 Å². The summed E-state index contributed by atoms with van der Waals surface area (Å²) in [6.45, 7) is 1.77. The van der Waals surface area contributed by atoms with Crippen LogP contribution in [0, 0.1) is 0 Å². The van der Waals surface area contributed by atoms with Gasteiger partial charge >= 0.3 is 5.97 Å². The molecule has 0 aliphatic carbocycles. The fourth-order valence-corrected chi connectivity index (χ4v) is 0.890. The Morgan fingerprint density at radius 3 is 2.69 bits per heavy atom. The van der Waals surface area contributed by atoms with Crippen LogP contribution in [0.4, 0.5) is 5.69 Å². The second kappa shape index (κ2) is 4.45. The summed E-state index contributed by atoms with van der Waals surface area (Å²) in [6.07, 6.45) is 0.